The second-order valence-electron chi connectivity index (χ2n) is 11.7. The van der Waals surface area contributed by atoms with Gasteiger partial charge in [0.2, 0.25) is 0 Å². The topological polar surface area (TPSA) is 66.9 Å². The average molecular weight is 528 g/mol. The Kier molecular flexibility index (Phi) is 5.78. The number of hydrogen-bond acceptors (Lipinski definition) is 5. The molecule has 0 saturated carbocycles. The third-order valence-electron chi connectivity index (χ3n) is 9.36. The molecule has 0 radical (unpaired) electrons. The molecule has 0 amide bonds. The third kappa shape index (κ3) is 4.05. The summed E-state index contributed by atoms with van der Waals surface area (Å²) in [5, 5.41) is 1.14. The Balaban J connectivity index is 1.06. The molecule has 2 unspecified atom stereocenters. The van der Waals surface area contributed by atoms with Gasteiger partial charge in [-0.15, -0.1) is 0 Å². The summed E-state index contributed by atoms with van der Waals surface area (Å²) in [5.41, 5.74) is 11.8. The lowest BCUT2D eigenvalue weighted by Crippen LogP contribution is -2.66. The van der Waals surface area contributed by atoms with Gasteiger partial charge in [0.25, 0.3) is 0 Å². The van der Waals surface area contributed by atoms with Gasteiger partial charge in [-0.3, -0.25) is 4.90 Å². The molecule has 3 aliphatic rings. The SMILES string of the molecule is Cc1cncnc1-c1ccc(-c2c[nH]c3ncc(-c4ccc5c(c4)CC[C@@H](N4C6COCC4C6)CC5)cc23)cc1. The highest BCUT2D eigenvalue weighted by Crippen LogP contribution is 2.38. The zero-order valence-corrected chi connectivity index (χ0v) is 22.8. The Bertz CT molecular complexity index is 1690. The van der Waals surface area contributed by atoms with E-state index >= 15 is 0 Å². The highest BCUT2D eigenvalue weighted by atomic mass is 16.5. The molecule has 40 heavy (non-hydrogen) atoms. The van der Waals surface area contributed by atoms with Crippen molar-refractivity contribution >= 4 is 11.0 Å². The summed E-state index contributed by atoms with van der Waals surface area (Å²) in [6.07, 6.45) is 13.7. The number of rotatable bonds is 4. The molecule has 1 aliphatic carbocycles. The molecular formula is C34H33N5O. The fraction of sp³-hybridized carbons (Fsp3) is 0.324. The molecular weight excluding hydrogens is 494 g/mol. The number of aromatic amines is 1. The van der Waals surface area contributed by atoms with E-state index in [9.17, 15) is 0 Å². The van der Waals surface area contributed by atoms with Crippen molar-refractivity contribution in [1.29, 1.82) is 0 Å². The van der Waals surface area contributed by atoms with Gasteiger partial charge in [-0.25, -0.2) is 15.0 Å². The molecule has 6 heteroatoms. The number of hydrogen-bond donors (Lipinski definition) is 1. The number of nitrogens with zero attached hydrogens (tertiary/aromatic N) is 4. The number of pyridine rings is 1. The standard InChI is InChI=1S/C34H33N5O/c1-21-15-35-20-38-33(21)24-5-3-23(4-6-24)32-17-37-34-31(32)13-27(16-36-34)26-7-2-22-8-10-28(11-9-25(22)12-26)39-29-14-30(39)19-40-18-29/h2-7,12-13,15-17,20,28-30H,8-11,14,18-19H2,1H3,(H,36,37)/t28-,29?,30?/m0/s1. The van der Waals surface area contributed by atoms with Crippen molar-refractivity contribution in [2.45, 2.75) is 57.2 Å². The van der Waals surface area contributed by atoms with Crippen LogP contribution < -0.4 is 0 Å². The first-order valence-corrected chi connectivity index (χ1v) is 14.5. The van der Waals surface area contributed by atoms with Crippen LogP contribution in [0.15, 0.2) is 73.4 Å². The number of aromatic nitrogens is 4. The molecule has 2 saturated heterocycles. The van der Waals surface area contributed by atoms with Gasteiger partial charge in [-0.2, -0.15) is 0 Å². The van der Waals surface area contributed by atoms with Crippen molar-refractivity contribution in [3.05, 3.63) is 90.1 Å². The molecule has 6 nitrogen and oxygen atoms in total. The largest absolute Gasteiger partial charge is 0.378 e. The fourth-order valence-corrected chi connectivity index (χ4v) is 7.24. The van der Waals surface area contributed by atoms with Gasteiger partial charge in [0.15, 0.2) is 0 Å². The quantitative estimate of drug-likeness (QED) is 0.275. The van der Waals surface area contributed by atoms with Crippen molar-refractivity contribution < 1.29 is 4.74 Å². The highest BCUT2D eigenvalue weighted by Gasteiger charge is 2.45. The Morgan fingerprint density at radius 2 is 1.57 bits per heavy atom. The van der Waals surface area contributed by atoms with E-state index in [2.05, 4.69) is 74.6 Å². The van der Waals surface area contributed by atoms with Gasteiger partial charge in [-0.05, 0) is 72.9 Å². The van der Waals surface area contributed by atoms with Gasteiger partial charge in [0, 0.05) is 58.8 Å². The molecule has 2 aromatic carbocycles. The minimum absolute atomic E-state index is 0.654. The maximum atomic E-state index is 5.74. The summed E-state index contributed by atoms with van der Waals surface area (Å²) >= 11 is 0. The molecule has 5 aromatic rings. The smallest absolute Gasteiger partial charge is 0.137 e. The van der Waals surface area contributed by atoms with Gasteiger partial charge in [0.05, 0.1) is 18.9 Å². The van der Waals surface area contributed by atoms with Gasteiger partial charge in [-0.1, -0.05) is 42.5 Å². The van der Waals surface area contributed by atoms with Crippen LogP contribution >= 0.6 is 0 Å². The highest BCUT2D eigenvalue weighted by molar-refractivity contribution is 5.96. The van der Waals surface area contributed by atoms with E-state index in [4.69, 9.17) is 9.72 Å². The van der Waals surface area contributed by atoms with Crippen molar-refractivity contribution in [1.82, 2.24) is 24.8 Å². The minimum atomic E-state index is 0.654. The molecule has 8 rings (SSSR count). The lowest BCUT2D eigenvalue weighted by Gasteiger charge is -2.56. The number of fused-ring (bicyclic) bond motifs is 4. The van der Waals surface area contributed by atoms with Crippen LogP contribution in [-0.4, -0.2) is 56.2 Å². The van der Waals surface area contributed by atoms with E-state index in [1.807, 2.05) is 19.3 Å². The molecule has 2 aliphatic heterocycles. The van der Waals surface area contributed by atoms with Crippen LogP contribution in [0.25, 0.3) is 44.5 Å². The maximum Gasteiger partial charge on any atom is 0.137 e. The van der Waals surface area contributed by atoms with Crippen LogP contribution in [0, 0.1) is 6.92 Å². The van der Waals surface area contributed by atoms with E-state index in [-0.39, 0.29) is 0 Å². The number of benzene rings is 2. The van der Waals surface area contributed by atoms with E-state index in [1.165, 1.54) is 47.9 Å². The zero-order chi connectivity index (χ0) is 26.6. The zero-order valence-electron chi connectivity index (χ0n) is 22.8. The fourth-order valence-electron chi connectivity index (χ4n) is 7.24. The van der Waals surface area contributed by atoms with Crippen LogP contribution in [0.4, 0.5) is 0 Å². The first-order chi connectivity index (χ1) is 19.7. The normalized spacial score (nSPS) is 22.5. The predicted molar refractivity (Wildman–Crippen MR) is 158 cm³/mol. The van der Waals surface area contributed by atoms with Crippen LogP contribution in [-0.2, 0) is 17.6 Å². The minimum Gasteiger partial charge on any atom is -0.378 e. The number of aryl methyl sites for hydroxylation is 3. The predicted octanol–water partition coefficient (Wildman–Crippen LogP) is 6.38. The van der Waals surface area contributed by atoms with Crippen LogP contribution in [0.1, 0.15) is 36.0 Å². The third-order valence-corrected chi connectivity index (χ3v) is 9.36. The summed E-state index contributed by atoms with van der Waals surface area (Å²) in [6.45, 7) is 3.89. The van der Waals surface area contributed by atoms with Crippen LogP contribution in [0.3, 0.4) is 0 Å². The van der Waals surface area contributed by atoms with E-state index in [0.29, 0.717) is 18.1 Å². The summed E-state index contributed by atoms with van der Waals surface area (Å²) < 4.78 is 5.74. The molecule has 200 valence electrons. The van der Waals surface area contributed by atoms with Gasteiger partial charge in [0.1, 0.15) is 12.0 Å². The van der Waals surface area contributed by atoms with Crippen LogP contribution in [0.2, 0.25) is 0 Å². The van der Waals surface area contributed by atoms with Crippen molar-refractivity contribution in [2.75, 3.05) is 13.2 Å². The molecule has 3 atom stereocenters. The van der Waals surface area contributed by atoms with Crippen molar-refractivity contribution in [3.8, 4) is 33.5 Å². The number of nitrogens with one attached hydrogen (secondary N) is 1. The van der Waals surface area contributed by atoms with Gasteiger partial charge < -0.3 is 9.72 Å². The number of H-pyrrole nitrogens is 1. The summed E-state index contributed by atoms with van der Waals surface area (Å²) in [7, 11) is 0. The Hall–Kier alpha value is -3.87. The van der Waals surface area contributed by atoms with Crippen LogP contribution in [0.5, 0.6) is 0 Å². The van der Waals surface area contributed by atoms with Crippen molar-refractivity contribution in [2.24, 2.45) is 0 Å². The Morgan fingerprint density at radius 1 is 0.800 bits per heavy atom. The molecule has 5 heterocycles. The van der Waals surface area contributed by atoms with E-state index in [0.717, 1.165) is 58.6 Å². The summed E-state index contributed by atoms with van der Waals surface area (Å²) in [5.74, 6) is 0. The lowest BCUT2D eigenvalue weighted by atomic mass is 9.87. The molecule has 1 N–H and O–H groups in total. The van der Waals surface area contributed by atoms with Gasteiger partial charge >= 0.3 is 0 Å². The Labute approximate surface area is 234 Å². The number of morpholine rings is 1. The first kappa shape index (κ1) is 24.0. The first-order valence-electron chi connectivity index (χ1n) is 14.5. The molecule has 2 fully saturated rings. The average Bonchev–Trinajstić information content (AvgIpc) is 3.32. The Morgan fingerprint density at radius 3 is 2.38 bits per heavy atom. The second-order valence-corrected chi connectivity index (χ2v) is 11.7. The number of ether oxygens (including phenoxy) is 1. The lowest BCUT2D eigenvalue weighted by molar-refractivity contribution is -0.148. The maximum absolute atomic E-state index is 5.74. The monoisotopic (exact) mass is 527 g/mol. The molecule has 3 aromatic heterocycles. The van der Waals surface area contributed by atoms with E-state index in [1.54, 1.807) is 6.33 Å². The van der Waals surface area contributed by atoms with Crippen molar-refractivity contribution in [3.63, 3.8) is 0 Å². The molecule has 2 bridgehead atoms. The molecule has 0 spiro atoms. The summed E-state index contributed by atoms with van der Waals surface area (Å²) in [6, 6.07) is 20.0. The summed E-state index contributed by atoms with van der Waals surface area (Å²) in [4.78, 5) is 19.6. The van der Waals surface area contributed by atoms with E-state index < -0.39 is 0 Å². The second kappa shape index (κ2) is 9.65.